The summed E-state index contributed by atoms with van der Waals surface area (Å²) in [5, 5.41) is 0. The lowest BCUT2D eigenvalue weighted by molar-refractivity contribution is -0.120. The van der Waals surface area contributed by atoms with Crippen LogP contribution in [0.3, 0.4) is 0 Å². The first-order valence-corrected chi connectivity index (χ1v) is 5.30. The second kappa shape index (κ2) is 5.50. The van der Waals surface area contributed by atoms with Crippen LogP contribution in [-0.2, 0) is 11.2 Å². The molecule has 0 aliphatic rings. The van der Waals surface area contributed by atoms with Crippen LogP contribution in [0.4, 0.5) is 0 Å². The van der Waals surface area contributed by atoms with Crippen LogP contribution >= 0.6 is 0 Å². The van der Waals surface area contributed by atoms with Crippen molar-refractivity contribution in [1.29, 1.82) is 0 Å². The highest BCUT2D eigenvalue weighted by atomic mass is 16.1. The summed E-state index contributed by atoms with van der Waals surface area (Å²) in [7, 11) is 0. The molecule has 0 fully saturated rings. The molecule has 1 aromatic carbocycles. The minimum absolute atomic E-state index is 0.0983. The molecule has 0 heterocycles. The van der Waals surface area contributed by atoms with Crippen molar-refractivity contribution in [2.45, 2.75) is 26.7 Å². The fourth-order valence-electron chi connectivity index (χ4n) is 1.53. The standard InChI is InChI=1S/C14H18O/c1-11(9-12(2)13(3)15)10-14-7-5-4-6-8-14/h4-8,12H,1,9-10H2,2-3H3. The average Bonchev–Trinajstić information content (AvgIpc) is 2.18. The van der Waals surface area contributed by atoms with Crippen molar-refractivity contribution in [3.05, 3.63) is 48.0 Å². The predicted molar refractivity (Wildman–Crippen MR) is 63.7 cm³/mol. The molecule has 0 aliphatic heterocycles. The summed E-state index contributed by atoms with van der Waals surface area (Å²) in [6.07, 6.45) is 1.67. The van der Waals surface area contributed by atoms with Gasteiger partial charge in [-0.05, 0) is 25.3 Å². The van der Waals surface area contributed by atoms with E-state index in [9.17, 15) is 4.79 Å². The van der Waals surface area contributed by atoms with E-state index < -0.39 is 0 Å². The Kier molecular flexibility index (Phi) is 4.29. The molecule has 1 atom stereocenters. The molecule has 0 N–H and O–H groups in total. The van der Waals surface area contributed by atoms with Crippen LogP contribution in [0.25, 0.3) is 0 Å². The number of rotatable bonds is 5. The first-order valence-electron chi connectivity index (χ1n) is 5.30. The maximum absolute atomic E-state index is 11.1. The smallest absolute Gasteiger partial charge is 0.132 e. The molecule has 80 valence electrons. The Hall–Kier alpha value is -1.37. The third kappa shape index (κ3) is 4.11. The lowest BCUT2D eigenvalue weighted by Crippen LogP contribution is -2.07. The van der Waals surface area contributed by atoms with Crippen LogP contribution in [0.2, 0.25) is 0 Å². The molecule has 0 spiro atoms. The molecule has 1 aromatic rings. The van der Waals surface area contributed by atoms with E-state index in [1.165, 1.54) is 5.56 Å². The molecule has 0 amide bonds. The van der Waals surface area contributed by atoms with Crippen molar-refractivity contribution >= 4 is 5.78 Å². The van der Waals surface area contributed by atoms with Gasteiger partial charge in [0.1, 0.15) is 5.78 Å². The number of hydrogen-bond acceptors (Lipinski definition) is 1. The van der Waals surface area contributed by atoms with Gasteiger partial charge in [0.05, 0.1) is 0 Å². The van der Waals surface area contributed by atoms with Gasteiger partial charge in [-0.25, -0.2) is 0 Å². The van der Waals surface area contributed by atoms with Crippen molar-refractivity contribution in [1.82, 2.24) is 0 Å². The van der Waals surface area contributed by atoms with E-state index in [0.717, 1.165) is 18.4 Å². The molecule has 1 unspecified atom stereocenters. The van der Waals surface area contributed by atoms with Crippen molar-refractivity contribution in [2.75, 3.05) is 0 Å². The number of carbonyl (C=O) groups excluding carboxylic acids is 1. The minimum atomic E-state index is 0.0983. The number of carbonyl (C=O) groups is 1. The molecule has 0 aliphatic carbocycles. The molecule has 1 heteroatoms. The zero-order valence-corrected chi connectivity index (χ0v) is 9.49. The molecule has 15 heavy (non-hydrogen) atoms. The third-order valence-electron chi connectivity index (χ3n) is 2.59. The summed E-state index contributed by atoms with van der Waals surface area (Å²) in [4.78, 5) is 11.1. The summed E-state index contributed by atoms with van der Waals surface area (Å²) < 4.78 is 0. The zero-order valence-electron chi connectivity index (χ0n) is 9.49. The number of ketones is 1. The topological polar surface area (TPSA) is 17.1 Å². The lowest BCUT2D eigenvalue weighted by Gasteiger charge is -2.10. The van der Waals surface area contributed by atoms with Gasteiger partial charge in [-0.1, -0.05) is 49.4 Å². The second-order valence-electron chi connectivity index (χ2n) is 4.13. The summed E-state index contributed by atoms with van der Waals surface area (Å²) >= 11 is 0. The molecular weight excluding hydrogens is 184 g/mol. The van der Waals surface area contributed by atoms with Gasteiger partial charge in [0, 0.05) is 5.92 Å². The number of Topliss-reactive ketones (excluding diaryl/α,β-unsaturated/α-hetero) is 1. The summed E-state index contributed by atoms with van der Waals surface area (Å²) in [5.74, 6) is 0.338. The van der Waals surface area contributed by atoms with Gasteiger partial charge in [0.2, 0.25) is 0 Å². The third-order valence-corrected chi connectivity index (χ3v) is 2.59. The predicted octanol–water partition coefficient (Wildman–Crippen LogP) is 3.40. The first-order chi connectivity index (χ1) is 7.09. The van der Waals surface area contributed by atoms with Gasteiger partial charge in [-0.2, -0.15) is 0 Å². The average molecular weight is 202 g/mol. The Labute approximate surface area is 91.8 Å². The Balaban J connectivity index is 2.47. The molecule has 0 saturated heterocycles. The number of benzene rings is 1. The largest absolute Gasteiger partial charge is 0.300 e. The molecule has 1 nitrogen and oxygen atoms in total. The fraction of sp³-hybridized carbons (Fsp3) is 0.357. The highest BCUT2D eigenvalue weighted by Gasteiger charge is 2.09. The summed E-state index contributed by atoms with van der Waals surface area (Å²) in [6, 6.07) is 10.2. The summed E-state index contributed by atoms with van der Waals surface area (Å²) in [6.45, 7) is 7.62. The van der Waals surface area contributed by atoms with Crippen molar-refractivity contribution < 1.29 is 4.79 Å². The lowest BCUT2D eigenvalue weighted by atomic mass is 9.95. The SMILES string of the molecule is C=C(Cc1ccccc1)CC(C)C(C)=O. The Bertz CT molecular complexity index is 338. The van der Waals surface area contributed by atoms with Crippen molar-refractivity contribution in [3.8, 4) is 0 Å². The van der Waals surface area contributed by atoms with Gasteiger partial charge in [0.25, 0.3) is 0 Å². The van der Waals surface area contributed by atoms with Gasteiger partial charge in [0.15, 0.2) is 0 Å². The molecule has 0 radical (unpaired) electrons. The van der Waals surface area contributed by atoms with Crippen molar-refractivity contribution in [2.24, 2.45) is 5.92 Å². The molecule has 0 aromatic heterocycles. The van der Waals surface area contributed by atoms with E-state index in [0.29, 0.717) is 0 Å². The Morgan fingerprint density at radius 1 is 1.33 bits per heavy atom. The molecule has 0 bridgehead atoms. The van der Waals surface area contributed by atoms with E-state index in [4.69, 9.17) is 0 Å². The molecular formula is C14H18O. The highest BCUT2D eigenvalue weighted by molar-refractivity contribution is 5.78. The van der Waals surface area contributed by atoms with Crippen LogP contribution in [0.15, 0.2) is 42.5 Å². The van der Waals surface area contributed by atoms with E-state index >= 15 is 0 Å². The van der Waals surface area contributed by atoms with Gasteiger partial charge in [-0.15, -0.1) is 0 Å². The highest BCUT2D eigenvalue weighted by Crippen LogP contribution is 2.15. The van der Waals surface area contributed by atoms with E-state index in [-0.39, 0.29) is 11.7 Å². The monoisotopic (exact) mass is 202 g/mol. The first kappa shape index (κ1) is 11.7. The molecule has 1 rings (SSSR count). The molecule has 0 saturated carbocycles. The Morgan fingerprint density at radius 3 is 2.47 bits per heavy atom. The number of hydrogen-bond donors (Lipinski definition) is 0. The van der Waals surface area contributed by atoms with Crippen LogP contribution in [-0.4, -0.2) is 5.78 Å². The summed E-state index contributed by atoms with van der Waals surface area (Å²) in [5.41, 5.74) is 2.39. The van der Waals surface area contributed by atoms with E-state index in [1.807, 2.05) is 25.1 Å². The fourth-order valence-corrected chi connectivity index (χ4v) is 1.53. The number of allylic oxidation sites excluding steroid dienone is 1. The van der Waals surface area contributed by atoms with E-state index in [1.54, 1.807) is 6.92 Å². The minimum Gasteiger partial charge on any atom is -0.300 e. The van der Waals surface area contributed by atoms with Crippen LogP contribution in [0, 0.1) is 5.92 Å². The zero-order chi connectivity index (χ0) is 11.3. The second-order valence-corrected chi connectivity index (χ2v) is 4.13. The maximum atomic E-state index is 11.1. The van der Waals surface area contributed by atoms with Gasteiger partial charge < -0.3 is 0 Å². The van der Waals surface area contributed by atoms with Crippen LogP contribution in [0.5, 0.6) is 0 Å². The van der Waals surface area contributed by atoms with Gasteiger partial charge in [-0.3, -0.25) is 4.79 Å². The van der Waals surface area contributed by atoms with Gasteiger partial charge >= 0.3 is 0 Å². The van der Waals surface area contributed by atoms with Crippen LogP contribution in [0.1, 0.15) is 25.8 Å². The quantitative estimate of drug-likeness (QED) is 0.669. The van der Waals surface area contributed by atoms with Crippen LogP contribution < -0.4 is 0 Å². The maximum Gasteiger partial charge on any atom is 0.132 e. The normalized spacial score (nSPS) is 12.1. The van der Waals surface area contributed by atoms with E-state index in [2.05, 4.69) is 18.7 Å². The van der Waals surface area contributed by atoms with Crippen molar-refractivity contribution in [3.63, 3.8) is 0 Å². The Morgan fingerprint density at radius 2 is 1.93 bits per heavy atom.